The maximum atomic E-state index is 12.2. The van der Waals surface area contributed by atoms with Gasteiger partial charge in [-0.05, 0) is 51.7 Å². The van der Waals surface area contributed by atoms with Crippen LogP contribution in [-0.2, 0) is 0 Å². The first kappa shape index (κ1) is 15.1. The van der Waals surface area contributed by atoms with Crippen LogP contribution in [0.2, 0.25) is 5.02 Å². The molecule has 104 valence electrons. The highest BCUT2D eigenvalue weighted by atomic mass is 79.9. The Kier molecular flexibility index (Phi) is 4.84. The van der Waals surface area contributed by atoms with Crippen molar-refractivity contribution in [2.45, 2.75) is 19.8 Å². The minimum atomic E-state index is -0.150. The summed E-state index contributed by atoms with van der Waals surface area (Å²) in [5.41, 5.74) is 2.50. The van der Waals surface area contributed by atoms with E-state index in [1.165, 1.54) is 5.56 Å². The SMILES string of the molecule is CC(C)c1ccc(C(=O)Nc2cccc(Cl)c2Br)cc1. The summed E-state index contributed by atoms with van der Waals surface area (Å²) in [5.74, 6) is 0.303. The van der Waals surface area contributed by atoms with Crippen LogP contribution in [0.25, 0.3) is 0 Å². The Morgan fingerprint density at radius 2 is 1.80 bits per heavy atom. The Bertz CT molecular complexity index is 623. The first-order valence-corrected chi connectivity index (χ1v) is 7.51. The first-order chi connectivity index (χ1) is 9.49. The molecule has 0 saturated heterocycles. The summed E-state index contributed by atoms with van der Waals surface area (Å²) in [7, 11) is 0. The van der Waals surface area contributed by atoms with Gasteiger partial charge in [-0.25, -0.2) is 0 Å². The molecule has 0 aliphatic carbocycles. The number of nitrogens with one attached hydrogen (secondary N) is 1. The van der Waals surface area contributed by atoms with Crippen LogP contribution in [0, 0.1) is 0 Å². The van der Waals surface area contributed by atoms with Gasteiger partial charge in [-0.1, -0.05) is 43.6 Å². The molecule has 2 aromatic rings. The van der Waals surface area contributed by atoms with Gasteiger partial charge in [0.05, 0.1) is 15.2 Å². The zero-order valence-corrected chi connectivity index (χ0v) is 13.6. The van der Waals surface area contributed by atoms with Gasteiger partial charge >= 0.3 is 0 Å². The number of hydrogen-bond donors (Lipinski definition) is 1. The standard InChI is InChI=1S/C16H15BrClNO/c1-10(2)11-6-8-12(9-7-11)16(20)19-14-5-3-4-13(18)15(14)17/h3-10H,1-2H3,(H,19,20). The Labute approximate surface area is 132 Å². The zero-order valence-electron chi connectivity index (χ0n) is 11.3. The van der Waals surface area contributed by atoms with Gasteiger partial charge in [-0.3, -0.25) is 4.79 Å². The van der Waals surface area contributed by atoms with E-state index in [0.717, 1.165) is 0 Å². The van der Waals surface area contributed by atoms with Gasteiger partial charge in [0, 0.05) is 5.56 Å². The van der Waals surface area contributed by atoms with Gasteiger partial charge in [-0.2, -0.15) is 0 Å². The van der Waals surface area contributed by atoms with Crippen LogP contribution in [0.3, 0.4) is 0 Å². The molecule has 2 rings (SSSR count). The van der Waals surface area contributed by atoms with Crippen LogP contribution >= 0.6 is 27.5 Å². The molecule has 1 amide bonds. The maximum absolute atomic E-state index is 12.2. The number of carbonyl (C=O) groups excluding carboxylic acids is 1. The van der Waals surface area contributed by atoms with Crippen molar-refractivity contribution in [3.8, 4) is 0 Å². The lowest BCUT2D eigenvalue weighted by molar-refractivity contribution is 0.102. The minimum Gasteiger partial charge on any atom is -0.321 e. The van der Waals surface area contributed by atoms with Crippen molar-refractivity contribution >= 4 is 39.1 Å². The van der Waals surface area contributed by atoms with Gasteiger partial charge in [0.1, 0.15) is 0 Å². The van der Waals surface area contributed by atoms with Crippen LogP contribution in [-0.4, -0.2) is 5.91 Å². The van der Waals surface area contributed by atoms with Crippen LogP contribution in [0.15, 0.2) is 46.9 Å². The van der Waals surface area contributed by atoms with Gasteiger partial charge in [-0.15, -0.1) is 0 Å². The fourth-order valence-corrected chi connectivity index (χ4v) is 2.35. The van der Waals surface area contributed by atoms with Crippen molar-refractivity contribution in [2.24, 2.45) is 0 Å². The lowest BCUT2D eigenvalue weighted by Crippen LogP contribution is -2.12. The highest BCUT2D eigenvalue weighted by molar-refractivity contribution is 9.10. The largest absolute Gasteiger partial charge is 0.321 e. The van der Waals surface area contributed by atoms with E-state index < -0.39 is 0 Å². The topological polar surface area (TPSA) is 29.1 Å². The predicted molar refractivity (Wildman–Crippen MR) is 87.6 cm³/mol. The smallest absolute Gasteiger partial charge is 0.255 e. The monoisotopic (exact) mass is 351 g/mol. The van der Waals surface area contributed by atoms with E-state index in [4.69, 9.17) is 11.6 Å². The number of amides is 1. The fraction of sp³-hybridized carbons (Fsp3) is 0.188. The van der Waals surface area contributed by atoms with Gasteiger partial charge in [0.15, 0.2) is 0 Å². The Balaban J connectivity index is 2.18. The Morgan fingerprint density at radius 1 is 1.15 bits per heavy atom. The molecule has 0 aromatic heterocycles. The summed E-state index contributed by atoms with van der Waals surface area (Å²) >= 11 is 9.37. The quantitative estimate of drug-likeness (QED) is 0.779. The summed E-state index contributed by atoms with van der Waals surface area (Å²) in [6.07, 6.45) is 0. The Morgan fingerprint density at radius 3 is 2.40 bits per heavy atom. The van der Waals surface area contributed by atoms with Gasteiger partial charge in [0.25, 0.3) is 5.91 Å². The second kappa shape index (κ2) is 6.42. The predicted octanol–water partition coefficient (Wildman–Crippen LogP) is 5.48. The normalized spacial score (nSPS) is 10.7. The number of benzene rings is 2. The van der Waals surface area contributed by atoms with E-state index >= 15 is 0 Å². The molecule has 2 nitrogen and oxygen atoms in total. The summed E-state index contributed by atoms with van der Waals surface area (Å²) in [5, 5.41) is 3.41. The molecule has 0 fully saturated rings. The number of halogens is 2. The van der Waals surface area contributed by atoms with Gasteiger partial charge in [0.2, 0.25) is 0 Å². The molecule has 0 unspecified atom stereocenters. The molecular formula is C16H15BrClNO. The van der Waals surface area contributed by atoms with E-state index in [-0.39, 0.29) is 5.91 Å². The van der Waals surface area contributed by atoms with Crippen LogP contribution in [0.4, 0.5) is 5.69 Å². The summed E-state index contributed by atoms with van der Waals surface area (Å²) in [6, 6.07) is 13.0. The molecular weight excluding hydrogens is 338 g/mol. The number of hydrogen-bond acceptors (Lipinski definition) is 1. The van der Waals surface area contributed by atoms with Crippen molar-refractivity contribution < 1.29 is 4.79 Å². The third kappa shape index (κ3) is 3.41. The highest BCUT2D eigenvalue weighted by Crippen LogP contribution is 2.30. The molecule has 0 bridgehead atoms. The molecule has 4 heteroatoms. The van der Waals surface area contributed by atoms with Crippen molar-refractivity contribution in [3.05, 3.63) is 63.1 Å². The number of rotatable bonds is 3. The first-order valence-electron chi connectivity index (χ1n) is 6.34. The average Bonchev–Trinajstić information content (AvgIpc) is 2.44. The molecule has 0 aliphatic heterocycles. The van der Waals surface area contributed by atoms with Crippen LogP contribution in [0.1, 0.15) is 35.7 Å². The van der Waals surface area contributed by atoms with Crippen LogP contribution in [0.5, 0.6) is 0 Å². The summed E-state index contributed by atoms with van der Waals surface area (Å²) in [6.45, 7) is 4.25. The van der Waals surface area contributed by atoms with Crippen molar-refractivity contribution in [1.29, 1.82) is 0 Å². The zero-order chi connectivity index (χ0) is 14.7. The van der Waals surface area contributed by atoms with Crippen LogP contribution < -0.4 is 5.32 Å². The molecule has 0 atom stereocenters. The van der Waals surface area contributed by atoms with E-state index in [9.17, 15) is 4.79 Å². The van der Waals surface area contributed by atoms with Gasteiger partial charge < -0.3 is 5.32 Å². The van der Waals surface area contributed by atoms with Crippen molar-refractivity contribution in [2.75, 3.05) is 5.32 Å². The van der Waals surface area contributed by atoms with E-state index in [1.807, 2.05) is 24.3 Å². The van der Waals surface area contributed by atoms with E-state index in [2.05, 4.69) is 35.1 Å². The third-order valence-corrected chi connectivity index (χ3v) is 4.44. The second-order valence-electron chi connectivity index (χ2n) is 4.83. The minimum absolute atomic E-state index is 0.150. The average molecular weight is 353 g/mol. The van der Waals surface area contributed by atoms with E-state index in [0.29, 0.717) is 26.7 Å². The molecule has 2 aromatic carbocycles. The fourth-order valence-electron chi connectivity index (χ4n) is 1.81. The molecule has 0 spiro atoms. The number of anilines is 1. The molecule has 0 aliphatic rings. The maximum Gasteiger partial charge on any atom is 0.255 e. The molecule has 0 heterocycles. The van der Waals surface area contributed by atoms with E-state index in [1.54, 1.807) is 18.2 Å². The second-order valence-corrected chi connectivity index (χ2v) is 6.03. The molecule has 0 radical (unpaired) electrons. The number of carbonyl (C=O) groups is 1. The Hall–Kier alpha value is -1.32. The highest BCUT2D eigenvalue weighted by Gasteiger charge is 2.10. The molecule has 1 N–H and O–H groups in total. The summed E-state index contributed by atoms with van der Waals surface area (Å²) < 4.78 is 0.689. The lowest BCUT2D eigenvalue weighted by Gasteiger charge is -2.10. The van der Waals surface area contributed by atoms with Crippen molar-refractivity contribution in [1.82, 2.24) is 0 Å². The molecule has 0 saturated carbocycles. The summed E-state index contributed by atoms with van der Waals surface area (Å²) in [4.78, 5) is 12.2. The third-order valence-electron chi connectivity index (χ3n) is 3.04. The lowest BCUT2D eigenvalue weighted by atomic mass is 10.0. The molecule has 20 heavy (non-hydrogen) atoms. The van der Waals surface area contributed by atoms with Crippen molar-refractivity contribution in [3.63, 3.8) is 0 Å².